The van der Waals surface area contributed by atoms with E-state index in [1.807, 2.05) is 6.92 Å². The van der Waals surface area contributed by atoms with Gasteiger partial charge < -0.3 is 16.2 Å². The largest absolute Gasteiger partial charge is 0.396 e. The fraction of sp³-hybridized carbons (Fsp3) is 0.500. The second-order valence-corrected chi connectivity index (χ2v) is 3.34. The number of nitrogen functional groups attached to an aromatic ring is 1. The first-order valence-corrected chi connectivity index (χ1v) is 4.66. The monoisotopic (exact) mass is 216 g/mol. The molecule has 1 heterocycles. The molecule has 0 aliphatic rings. The summed E-state index contributed by atoms with van der Waals surface area (Å²) in [4.78, 5) is 7.68. The van der Waals surface area contributed by atoms with Crippen LogP contribution in [0.4, 0.5) is 11.5 Å². The van der Waals surface area contributed by atoms with Crippen LogP contribution in [0.25, 0.3) is 0 Å². The normalized spacial score (nSPS) is 12.5. The third kappa shape index (κ3) is 2.71. The predicted molar refractivity (Wildman–Crippen MR) is 56.2 cm³/mol. The average molecular weight is 217 g/mol. The zero-order valence-electron chi connectivity index (χ0n) is 7.87. The number of nitrogens with zero attached hydrogens (tertiary/aromatic N) is 2. The van der Waals surface area contributed by atoms with Crippen molar-refractivity contribution in [2.75, 3.05) is 17.7 Å². The van der Waals surface area contributed by atoms with Crippen molar-refractivity contribution in [3.63, 3.8) is 0 Å². The molecule has 1 rings (SSSR count). The van der Waals surface area contributed by atoms with E-state index < -0.39 is 0 Å². The van der Waals surface area contributed by atoms with E-state index in [0.717, 1.165) is 0 Å². The molecule has 0 amide bonds. The average Bonchev–Trinajstić information content (AvgIpc) is 2.13. The van der Waals surface area contributed by atoms with Gasteiger partial charge in [-0.3, -0.25) is 0 Å². The van der Waals surface area contributed by atoms with Gasteiger partial charge >= 0.3 is 0 Å². The Morgan fingerprint density at radius 3 is 3.00 bits per heavy atom. The van der Waals surface area contributed by atoms with Crippen LogP contribution in [0, 0.1) is 0 Å². The summed E-state index contributed by atoms with van der Waals surface area (Å²) < 4.78 is 0. The Balaban J connectivity index is 2.71. The molecule has 14 heavy (non-hydrogen) atoms. The second-order valence-electron chi connectivity index (χ2n) is 2.98. The lowest BCUT2D eigenvalue weighted by Gasteiger charge is -2.14. The Kier molecular flexibility index (Phi) is 3.91. The first kappa shape index (κ1) is 11.0. The Labute approximate surface area is 87.3 Å². The second kappa shape index (κ2) is 4.97. The lowest BCUT2D eigenvalue weighted by atomic mass is 10.2. The van der Waals surface area contributed by atoms with E-state index in [1.54, 1.807) is 0 Å². The molecule has 0 aromatic carbocycles. The maximum absolute atomic E-state index is 8.71. The molecule has 4 N–H and O–H groups in total. The van der Waals surface area contributed by atoms with Crippen LogP contribution in [-0.4, -0.2) is 27.7 Å². The van der Waals surface area contributed by atoms with Crippen molar-refractivity contribution >= 4 is 23.1 Å². The van der Waals surface area contributed by atoms with E-state index in [4.69, 9.17) is 22.4 Å². The molecule has 0 spiro atoms. The smallest absolute Gasteiger partial charge is 0.157 e. The topological polar surface area (TPSA) is 84.1 Å². The maximum atomic E-state index is 8.71. The molecule has 0 fully saturated rings. The van der Waals surface area contributed by atoms with Crippen molar-refractivity contribution in [2.45, 2.75) is 19.4 Å². The Morgan fingerprint density at radius 2 is 2.36 bits per heavy atom. The molecular weight excluding hydrogens is 204 g/mol. The van der Waals surface area contributed by atoms with Crippen molar-refractivity contribution in [1.82, 2.24) is 9.97 Å². The fourth-order valence-electron chi connectivity index (χ4n) is 0.988. The van der Waals surface area contributed by atoms with Gasteiger partial charge in [-0.2, -0.15) is 0 Å². The molecule has 1 atom stereocenters. The minimum Gasteiger partial charge on any atom is -0.396 e. The van der Waals surface area contributed by atoms with Crippen LogP contribution in [0.15, 0.2) is 6.33 Å². The minimum absolute atomic E-state index is 0.0910. The number of halogens is 1. The first-order valence-electron chi connectivity index (χ1n) is 4.28. The summed E-state index contributed by atoms with van der Waals surface area (Å²) in [6, 6.07) is 0.0910. The van der Waals surface area contributed by atoms with E-state index in [-0.39, 0.29) is 17.8 Å². The SMILES string of the molecule is CC(CCO)Nc1ncnc(Cl)c1N. The van der Waals surface area contributed by atoms with Crippen molar-refractivity contribution in [3.8, 4) is 0 Å². The quantitative estimate of drug-likeness (QED) is 0.652. The van der Waals surface area contributed by atoms with Gasteiger partial charge in [0.1, 0.15) is 12.0 Å². The van der Waals surface area contributed by atoms with Gasteiger partial charge in [0.2, 0.25) is 0 Å². The number of hydrogen-bond acceptors (Lipinski definition) is 5. The number of nitrogens with two attached hydrogens (primary N) is 1. The molecule has 1 unspecified atom stereocenters. The molecule has 1 aromatic rings. The summed E-state index contributed by atoms with van der Waals surface area (Å²) in [5, 5.41) is 12.0. The summed E-state index contributed by atoms with van der Waals surface area (Å²) in [5.41, 5.74) is 5.98. The molecular formula is C8H13ClN4O. The van der Waals surface area contributed by atoms with E-state index in [2.05, 4.69) is 15.3 Å². The standard InChI is InChI=1S/C8H13ClN4O/c1-5(2-3-14)13-8-6(10)7(9)11-4-12-8/h4-5,14H,2-3,10H2,1H3,(H,11,12,13). The number of anilines is 2. The summed E-state index contributed by atoms with van der Waals surface area (Å²) in [5.74, 6) is 0.506. The highest BCUT2D eigenvalue weighted by atomic mass is 35.5. The van der Waals surface area contributed by atoms with Gasteiger partial charge in [0.05, 0.1) is 0 Å². The number of rotatable bonds is 4. The van der Waals surface area contributed by atoms with Crippen LogP contribution < -0.4 is 11.1 Å². The number of aliphatic hydroxyl groups excluding tert-OH is 1. The van der Waals surface area contributed by atoms with Crippen LogP contribution in [-0.2, 0) is 0 Å². The fourth-order valence-corrected chi connectivity index (χ4v) is 1.12. The van der Waals surface area contributed by atoms with Gasteiger partial charge in [-0.05, 0) is 13.3 Å². The lowest BCUT2D eigenvalue weighted by Crippen LogP contribution is -2.18. The van der Waals surface area contributed by atoms with E-state index >= 15 is 0 Å². The molecule has 1 aromatic heterocycles. The van der Waals surface area contributed by atoms with Crippen LogP contribution in [0.1, 0.15) is 13.3 Å². The van der Waals surface area contributed by atoms with Crippen LogP contribution in [0.3, 0.4) is 0 Å². The van der Waals surface area contributed by atoms with Crippen molar-refractivity contribution < 1.29 is 5.11 Å². The molecule has 5 nitrogen and oxygen atoms in total. The van der Waals surface area contributed by atoms with Crippen LogP contribution >= 0.6 is 11.6 Å². The lowest BCUT2D eigenvalue weighted by molar-refractivity contribution is 0.282. The first-order chi connectivity index (χ1) is 6.65. The highest BCUT2D eigenvalue weighted by Crippen LogP contribution is 2.22. The van der Waals surface area contributed by atoms with Gasteiger partial charge in [0.25, 0.3) is 0 Å². The molecule has 0 aliphatic carbocycles. The third-order valence-corrected chi connectivity index (χ3v) is 2.08. The number of aromatic nitrogens is 2. The van der Waals surface area contributed by atoms with E-state index in [0.29, 0.717) is 17.9 Å². The van der Waals surface area contributed by atoms with Crippen molar-refractivity contribution in [1.29, 1.82) is 0 Å². The summed E-state index contributed by atoms with van der Waals surface area (Å²) >= 11 is 5.71. The highest BCUT2D eigenvalue weighted by Gasteiger charge is 2.08. The van der Waals surface area contributed by atoms with Gasteiger partial charge in [-0.25, -0.2) is 9.97 Å². The number of aliphatic hydroxyl groups is 1. The highest BCUT2D eigenvalue weighted by molar-refractivity contribution is 6.32. The molecule has 0 saturated heterocycles. The zero-order chi connectivity index (χ0) is 10.6. The molecule has 6 heteroatoms. The summed E-state index contributed by atoms with van der Waals surface area (Å²) in [6.45, 7) is 2.04. The Hall–Kier alpha value is -1.07. The summed E-state index contributed by atoms with van der Waals surface area (Å²) in [6.07, 6.45) is 1.97. The summed E-state index contributed by atoms with van der Waals surface area (Å²) in [7, 11) is 0. The molecule has 78 valence electrons. The third-order valence-electron chi connectivity index (χ3n) is 1.78. The zero-order valence-corrected chi connectivity index (χ0v) is 8.62. The van der Waals surface area contributed by atoms with Crippen LogP contribution in [0.2, 0.25) is 5.15 Å². The molecule has 0 saturated carbocycles. The molecule has 0 bridgehead atoms. The Morgan fingerprint density at radius 1 is 1.64 bits per heavy atom. The Bertz CT molecular complexity index is 307. The van der Waals surface area contributed by atoms with Gasteiger partial charge in [0, 0.05) is 12.6 Å². The maximum Gasteiger partial charge on any atom is 0.157 e. The number of hydrogen-bond donors (Lipinski definition) is 3. The molecule has 0 radical (unpaired) electrons. The molecule has 0 aliphatic heterocycles. The number of nitrogens with one attached hydrogen (secondary N) is 1. The van der Waals surface area contributed by atoms with Gasteiger partial charge in [0.15, 0.2) is 11.0 Å². The van der Waals surface area contributed by atoms with Gasteiger partial charge in [-0.15, -0.1) is 0 Å². The van der Waals surface area contributed by atoms with Crippen LogP contribution in [0.5, 0.6) is 0 Å². The van der Waals surface area contributed by atoms with E-state index in [9.17, 15) is 0 Å². The minimum atomic E-state index is 0.0910. The van der Waals surface area contributed by atoms with Gasteiger partial charge in [-0.1, -0.05) is 11.6 Å². The van der Waals surface area contributed by atoms with E-state index in [1.165, 1.54) is 6.33 Å². The van der Waals surface area contributed by atoms with Crippen molar-refractivity contribution in [2.24, 2.45) is 0 Å². The van der Waals surface area contributed by atoms with Crippen molar-refractivity contribution in [3.05, 3.63) is 11.5 Å². The predicted octanol–water partition coefficient (Wildman–Crippen LogP) is 0.895.